The van der Waals surface area contributed by atoms with Gasteiger partial charge in [0.25, 0.3) is 0 Å². The zero-order chi connectivity index (χ0) is 12.6. The Kier molecular flexibility index (Phi) is 2.80. The van der Waals surface area contributed by atoms with Crippen LogP contribution in [-0.4, -0.2) is 22.8 Å². The highest BCUT2D eigenvalue weighted by atomic mass is 16.5. The van der Waals surface area contributed by atoms with Gasteiger partial charge in [0.05, 0.1) is 23.8 Å². The number of rotatable bonds is 1. The van der Waals surface area contributed by atoms with Crippen molar-refractivity contribution in [1.82, 2.24) is 4.98 Å². The van der Waals surface area contributed by atoms with E-state index in [-0.39, 0.29) is 6.10 Å². The van der Waals surface area contributed by atoms with Crippen LogP contribution in [0.3, 0.4) is 0 Å². The summed E-state index contributed by atoms with van der Waals surface area (Å²) in [6, 6.07) is 10.0. The molecule has 1 aliphatic rings. The lowest BCUT2D eigenvalue weighted by Crippen LogP contribution is -2.37. The van der Waals surface area contributed by atoms with Crippen molar-refractivity contribution in [1.29, 1.82) is 0 Å². The Hall–Kier alpha value is -1.45. The molecule has 1 aromatic heterocycles. The SMILES string of the molecule is CC1CC(O)(c2cnc3ccccc3c2)CCO1. The topological polar surface area (TPSA) is 42.4 Å². The first-order chi connectivity index (χ1) is 8.67. The Morgan fingerprint density at radius 1 is 1.39 bits per heavy atom. The highest BCUT2D eigenvalue weighted by Gasteiger charge is 2.35. The highest BCUT2D eigenvalue weighted by Crippen LogP contribution is 2.35. The number of ether oxygens (including phenoxy) is 1. The molecule has 1 fully saturated rings. The molecule has 2 heterocycles. The van der Waals surface area contributed by atoms with Gasteiger partial charge in [-0.2, -0.15) is 0 Å². The molecule has 1 saturated heterocycles. The Morgan fingerprint density at radius 2 is 2.22 bits per heavy atom. The van der Waals surface area contributed by atoms with Gasteiger partial charge < -0.3 is 9.84 Å². The molecule has 0 amide bonds. The van der Waals surface area contributed by atoms with E-state index in [0.29, 0.717) is 19.4 Å². The second-order valence-corrected chi connectivity index (χ2v) is 5.08. The minimum absolute atomic E-state index is 0.0928. The summed E-state index contributed by atoms with van der Waals surface area (Å²) in [5.41, 5.74) is 1.07. The first-order valence-corrected chi connectivity index (χ1v) is 6.37. The summed E-state index contributed by atoms with van der Waals surface area (Å²) >= 11 is 0. The summed E-state index contributed by atoms with van der Waals surface area (Å²) in [6.07, 6.45) is 3.15. The molecule has 18 heavy (non-hydrogen) atoms. The number of hydrogen-bond donors (Lipinski definition) is 1. The van der Waals surface area contributed by atoms with Crippen LogP contribution in [0.5, 0.6) is 0 Å². The molecule has 3 heteroatoms. The van der Waals surface area contributed by atoms with E-state index in [4.69, 9.17) is 4.74 Å². The smallest absolute Gasteiger partial charge is 0.0958 e. The average Bonchev–Trinajstić information content (AvgIpc) is 2.38. The fourth-order valence-electron chi connectivity index (χ4n) is 2.65. The van der Waals surface area contributed by atoms with Crippen LogP contribution < -0.4 is 0 Å². The number of pyridine rings is 1. The van der Waals surface area contributed by atoms with Crippen LogP contribution in [-0.2, 0) is 10.3 Å². The molecule has 1 aromatic carbocycles. The standard InChI is InChI=1S/C15H17NO2/c1-11-9-15(17,6-7-18-11)13-8-12-4-2-3-5-14(12)16-10-13/h2-5,8,10-11,17H,6-7,9H2,1H3. The van der Waals surface area contributed by atoms with Gasteiger partial charge in [0, 0.05) is 30.0 Å². The zero-order valence-electron chi connectivity index (χ0n) is 10.5. The third-order valence-corrected chi connectivity index (χ3v) is 3.67. The Morgan fingerprint density at radius 3 is 3.06 bits per heavy atom. The number of aromatic nitrogens is 1. The first kappa shape index (κ1) is 11.6. The lowest BCUT2D eigenvalue weighted by atomic mass is 9.84. The summed E-state index contributed by atoms with van der Waals surface area (Å²) in [7, 11) is 0. The molecule has 2 atom stereocenters. The van der Waals surface area contributed by atoms with E-state index in [0.717, 1.165) is 16.5 Å². The molecule has 3 rings (SSSR count). The number of benzene rings is 1. The molecule has 2 aromatic rings. The fraction of sp³-hybridized carbons (Fsp3) is 0.400. The molecular formula is C15H17NO2. The first-order valence-electron chi connectivity index (χ1n) is 6.37. The van der Waals surface area contributed by atoms with Crippen LogP contribution in [0.2, 0.25) is 0 Å². The van der Waals surface area contributed by atoms with Crippen LogP contribution in [0.25, 0.3) is 10.9 Å². The minimum atomic E-state index is -0.797. The van der Waals surface area contributed by atoms with Crippen molar-refractivity contribution in [3.05, 3.63) is 42.1 Å². The maximum absolute atomic E-state index is 10.8. The van der Waals surface area contributed by atoms with E-state index in [1.807, 2.05) is 37.3 Å². The molecule has 0 spiro atoms. The van der Waals surface area contributed by atoms with Crippen LogP contribution in [0.1, 0.15) is 25.3 Å². The van der Waals surface area contributed by atoms with Gasteiger partial charge in [-0.05, 0) is 19.1 Å². The van der Waals surface area contributed by atoms with Crippen LogP contribution in [0.15, 0.2) is 36.5 Å². The number of nitrogens with zero attached hydrogens (tertiary/aromatic N) is 1. The van der Waals surface area contributed by atoms with Gasteiger partial charge in [0.2, 0.25) is 0 Å². The number of fused-ring (bicyclic) bond motifs is 1. The van der Waals surface area contributed by atoms with Crippen LogP contribution in [0.4, 0.5) is 0 Å². The molecule has 0 aliphatic carbocycles. The molecule has 0 radical (unpaired) electrons. The molecular weight excluding hydrogens is 226 g/mol. The summed E-state index contributed by atoms with van der Waals surface area (Å²) in [6.45, 7) is 2.60. The zero-order valence-corrected chi connectivity index (χ0v) is 10.5. The molecule has 2 unspecified atom stereocenters. The van der Waals surface area contributed by atoms with Gasteiger partial charge in [-0.3, -0.25) is 4.98 Å². The van der Waals surface area contributed by atoms with Gasteiger partial charge in [0.1, 0.15) is 0 Å². The molecule has 1 aliphatic heterocycles. The average molecular weight is 243 g/mol. The predicted octanol–water partition coefficient (Wildman–Crippen LogP) is 2.62. The van der Waals surface area contributed by atoms with Gasteiger partial charge >= 0.3 is 0 Å². The third-order valence-electron chi connectivity index (χ3n) is 3.67. The van der Waals surface area contributed by atoms with Gasteiger partial charge in [-0.15, -0.1) is 0 Å². The number of para-hydroxylation sites is 1. The molecule has 0 saturated carbocycles. The van der Waals surface area contributed by atoms with Crippen molar-refractivity contribution in [2.24, 2.45) is 0 Å². The fourth-order valence-corrected chi connectivity index (χ4v) is 2.65. The van der Waals surface area contributed by atoms with Gasteiger partial charge in [-0.1, -0.05) is 18.2 Å². The summed E-state index contributed by atoms with van der Waals surface area (Å²) in [5, 5.41) is 11.8. The summed E-state index contributed by atoms with van der Waals surface area (Å²) < 4.78 is 5.50. The van der Waals surface area contributed by atoms with E-state index < -0.39 is 5.60 Å². The van der Waals surface area contributed by atoms with E-state index in [9.17, 15) is 5.11 Å². The van der Waals surface area contributed by atoms with E-state index in [2.05, 4.69) is 4.98 Å². The Bertz CT molecular complexity index is 569. The van der Waals surface area contributed by atoms with E-state index >= 15 is 0 Å². The molecule has 94 valence electrons. The van der Waals surface area contributed by atoms with E-state index in [1.54, 1.807) is 6.20 Å². The van der Waals surface area contributed by atoms with Gasteiger partial charge in [-0.25, -0.2) is 0 Å². The van der Waals surface area contributed by atoms with Crippen LogP contribution >= 0.6 is 0 Å². The van der Waals surface area contributed by atoms with Crippen molar-refractivity contribution < 1.29 is 9.84 Å². The second-order valence-electron chi connectivity index (χ2n) is 5.08. The quantitative estimate of drug-likeness (QED) is 0.837. The van der Waals surface area contributed by atoms with Crippen LogP contribution in [0, 0.1) is 0 Å². The van der Waals surface area contributed by atoms with Crippen molar-refractivity contribution in [3.8, 4) is 0 Å². The number of hydrogen-bond acceptors (Lipinski definition) is 3. The monoisotopic (exact) mass is 243 g/mol. The minimum Gasteiger partial charge on any atom is -0.385 e. The van der Waals surface area contributed by atoms with Crippen molar-refractivity contribution in [2.75, 3.05) is 6.61 Å². The van der Waals surface area contributed by atoms with Crippen molar-refractivity contribution >= 4 is 10.9 Å². The summed E-state index contributed by atoms with van der Waals surface area (Å²) in [5.74, 6) is 0. The highest BCUT2D eigenvalue weighted by molar-refractivity contribution is 5.78. The lowest BCUT2D eigenvalue weighted by Gasteiger charge is -2.35. The maximum atomic E-state index is 10.8. The largest absolute Gasteiger partial charge is 0.385 e. The van der Waals surface area contributed by atoms with Crippen molar-refractivity contribution in [2.45, 2.75) is 31.5 Å². The van der Waals surface area contributed by atoms with E-state index in [1.165, 1.54) is 0 Å². The Balaban J connectivity index is 2.02. The summed E-state index contributed by atoms with van der Waals surface area (Å²) in [4.78, 5) is 4.43. The normalized spacial score (nSPS) is 28.4. The predicted molar refractivity (Wildman–Crippen MR) is 70.3 cm³/mol. The molecule has 0 bridgehead atoms. The lowest BCUT2D eigenvalue weighted by molar-refractivity contribution is -0.101. The second kappa shape index (κ2) is 4.34. The number of aliphatic hydroxyl groups is 1. The molecule has 3 nitrogen and oxygen atoms in total. The Labute approximate surface area is 106 Å². The molecule has 1 N–H and O–H groups in total. The van der Waals surface area contributed by atoms with Crippen molar-refractivity contribution in [3.63, 3.8) is 0 Å². The third kappa shape index (κ3) is 2.00. The maximum Gasteiger partial charge on any atom is 0.0958 e. The van der Waals surface area contributed by atoms with Gasteiger partial charge in [0.15, 0.2) is 0 Å².